The van der Waals surface area contributed by atoms with Crippen LogP contribution in [0.1, 0.15) is 43.2 Å². The van der Waals surface area contributed by atoms with Crippen molar-refractivity contribution in [3.8, 4) is 11.8 Å². The van der Waals surface area contributed by atoms with Crippen LogP contribution in [0.3, 0.4) is 0 Å². The summed E-state index contributed by atoms with van der Waals surface area (Å²) in [5, 5.41) is 9.50. The van der Waals surface area contributed by atoms with Gasteiger partial charge >= 0.3 is 0 Å². The van der Waals surface area contributed by atoms with E-state index in [1.165, 1.54) is 11.3 Å². The molecule has 0 amide bonds. The number of hydrogen-bond donors (Lipinski definition) is 0. The minimum atomic E-state index is 0.386. The van der Waals surface area contributed by atoms with Crippen LogP contribution >= 0.6 is 0 Å². The van der Waals surface area contributed by atoms with Gasteiger partial charge in [0.25, 0.3) is 0 Å². The average Bonchev–Trinajstić information content (AvgIpc) is 3.19. The number of ether oxygens (including phenoxy) is 1. The molecule has 0 saturated carbocycles. The zero-order valence-corrected chi connectivity index (χ0v) is 18.4. The topological polar surface area (TPSA) is 41.2 Å². The van der Waals surface area contributed by atoms with E-state index in [0.717, 1.165) is 36.5 Å². The zero-order valence-electron chi connectivity index (χ0n) is 18.4. The third-order valence-corrected chi connectivity index (χ3v) is 5.83. The summed E-state index contributed by atoms with van der Waals surface area (Å²) in [6, 6.07) is 23.1. The normalized spacial score (nSPS) is 12.2. The van der Waals surface area contributed by atoms with Crippen molar-refractivity contribution in [2.24, 2.45) is 5.92 Å². The fourth-order valence-electron chi connectivity index (χ4n) is 3.67. The van der Waals surface area contributed by atoms with Crippen LogP contribution in [0, 0.1) is 17.2 Å². The maximum Gasteiger partial charge on any atom is 0.119 e. The molecule has 2 aromatic carbocycles. The standard InChI is InChI=1S/C26H31N3O/c1-20(2)21(3)29(18-24-11-6-5-10-23(24)16-27)19-25-12-8-14-28(25)17-22-9-7-13-26(15-22)30-4/h5-15,20-21H,17-19H2,1-4H3. The van der Waals surface area contributed by atoms with E-state index in [9.17, 15) is 5.26 Å². The van der Waals surface area contributed by atoms with Gasteiger partial charge in [0.15, 0.2) is 0 Å². The van der Waals surface area contributed by atoms with Crippen molar-refractivity contribution in [2.45, 2.75) is 46.4 Å². The molecule has 0 aliphatic carbocycles. The minimum Gasteiger partial charge on any atom is -0.497 e. The molecule has 0 N–H and O–H groups in total. The Morgan fingerprint density at radius 1 is 1.00 bits per heavy atom. The van der Waals surface area contributed by atoms with Crippen LogP contribution in [0.2, 0.25) is 0 Å². The first kappa shape index (κ1) is 21.7. The first-order chi connectivity index (χ1) is 14.5. The Kier molecular flexibility index (Phi) is 7.32. The summed E-state index contributed by atoms with van der Waals surface area (Å²) < 4.78 is 7.67. The highest BCUT2D eigenvalue weighted by Gasteiger charge is 2.20. The van der Waals surface area contributed by atoms with Gasteiger partial charge in [-0.15, -0.1) is 0 Å². The molecule has 156 valence electrons. The molecule has 1 heterocycles. The highest BCUT2D eigenvalue weighted by atomic mass is 16.5. The molecule has 30 heavy (non-hydrogen) atoms. The third kappa shape index (κ3) is 5.31. The number of hydrogen-bond acceptors (Lipinski definition) is 3. The van der Waals surface area contributed by atoms with Crippen LogP contribution in [0.15, 0.2) is 66.9 Å². The average molecular weight is 402 g/mol. The fraction of sp³-hybridized carbons (Fsp3) is 0.346. The number of methoxy groups -OCH3 is 1. The van der Waals surface area contributed by atoms with Crippen LogP contribution in [0.25, 0.3) is 0 Å². The van der Waals surface area contributed by atoms with Crippen molar-refractivity contribution in [1.82, 2.24) is 9.47 Å². The van der Waals surface area contributed by atoms with Gasteiger partial charge in [-0.2, -0.15) is 5.26 Å². The molecule has 4 heteroatoms. The quantitative estimate of drug-likeness (QED) is 0.478. The number of nitriles is 1. The molecule has 4 nitrogen and oxygen atoms in total. The molecular formula is C26H31N3O. The fourth-order valence-corrected chi connectivity index (χ4v) is 3.67. The largest absolute Gasteiger partial charge is 0.497 e. The van der Waals surface area contributed by atoms with Crippen LogP contribution in [0.5, 0.6) is 5.75 Å². The van der Waals surface area contributed by atoms with Gasteiger partial charge in [-0.25, -0.2) is 0 Å². The van der Waals surface area contributed by atoms with E-state index < -0.39 is 0 Å². The monoisotopic (exact) mass is 401 g/mol. The summed E-state index contributed by atoms with van der Waals surface area (Å²) in [6.45, 7) is 9.17. The molecular weight excluding hydrogens is 370 g/mol. The lowest BCUT2D eigenvalue weighted by atomic mass is 10.0. The summed E-state index contributed by atoms with van der Waals surface area (Å²) in [7, 11) is 1.70. The van der Waals surface area contributed by atoms with E-state index in [2.05, 4.69) is 72.8 Å². The molecule has 1 aromatic heterocycles. The van der Waals surface area contributed by atoms with Gasteiger partial charge < -0.3 is 9.30 Å². The summed E-state index contributed by atoms with van der Waals surface area (Å²) in [5.74, 6) is 1.39. The molecule has 0 radical (unpaired) electrons. The van der Waals surface area contributed by atoms with Gasteiger partial charge in [0.2, 0.25) is 0 Å². The molecule has 0 saturated heterocycles. The Hall–Kier alpha value is -3.03. The molecule has 3 rings (SSSR count). The lowest BCUT2D eigenvalue weighted by Crippen LogP contribution is -2.36. The number of nitrogens with zero attached hydrogens (tertiary/aromatic N) is 3. The Bertz CT molecular complexity index is 999. The first-order valence-electron chi connectivity index (χ1n) is 10.5. The van der Waals surface area contributed by atoms with E-state index in [4.69, 9.17) is 4.74 Å². The van der Waals surface area contributed by atoms with Crippen LogP contribution in [0.4, 0.5) is 0 Å². The lowest BCUT2D eigenvalue weighted by Gasteiger charge is -2.32. The molecule has 3 aromatic rings. The second kappa shape index (κ2) is 10.1. The third-order valence-electron chi connectivity index (χ3n) is 5.83. The molecule has 0 bridgehead atoms. The molecule has 1 atom stereocenters. The van der Waals surface area contributed by atoms with Gasteiger partial charge in [0, 0.05) is 37.6 Å². The van der Waals surface area contributed by atoms with Crippen molar-refractivity contribution < 1.29 is 4.74 Å². The summed E-state index contributed by atoms with van der Waals surface area (Å²) in [4.78, 5) is 2.47. The number of rotatable bonds is 9. The van der Waals surface area contributed by atoms with Crippen molar-refractivity contribution >= 4 is 0 Å². The molecule has 0 fully saturated rings. The van der Waals surface area contributed by atoms with E-state index in [1.54, 1.807) is 7.11 Å². The number of benzene rings is 2. The lowest BCUT2D eigenvalue weighted by molar-refractivity contribution is 0.148. The Morgan fingerprint density at radius 2 is 1.80 bits per heavy atom. The van der Waals surface area contributed by atoms with E-state index in [-0.39, 0.29) is 0 Å². The highest BCUT2D eigenvalue weighted by Crippen LogP contribution is 2.21. The Balaban J connectivity index is 1.83. The zero-order chi connectivity index (χ0) is 21.5. The predicted molar refractivity (Wildman–Crippen MR) is 121 cm³/mol. The van der Waals surface area contributed by atoms with Gasteiger partial charge in [-0.05, 0) is 54.3 Å². The summed E-state index contributed by atoms with van der Waals surface area (Å²) in [6.07, 6.45) is 2.14. The predicted octanol–water partition coefficient (Wildman–Crippen LogP) is 5.46. The summed E-state index contributed by atoms with van der Waals surface area (Å²) >= 11 is 0. The van der Waals surface area contributed by atoms with Crippen molar-refractivity contribution in [2.75, 3.05) is 7.11 Å². The van der Waals surface area contributed by atoms with Crippen molar-refractivity contribution in [1.29, 1.82) is 5.26 Å². The van der Waals surface area contributed by atoms with Crippen LogP contribution < -0.4 is 4.74 Å². The Labute approximate surface area is 180 Å². The second-order valence-corrected chi connectivity index (χ2v) is 8.14. The van der Waals surface area contributed by atoms with Crippen LogP contribution in [-0.2, 0) is 19.6 Å². The number of aromatic nitrogens is 1. The molecule has 0 aliphatic rings. The van der Waals surface area contributed by atoms with Crippen LogP contribution in [-0.4, -0.2) is 22.6 Å². The van der Waals surface area contributed by atoms with Gasteiger partial charge in [0.05, 0.1) is 18.7 Å². The highest BCUT2D eigenvalue weighted by molar-refractivity contribution is 5.37. The minimum absolute atomic E-state index is 0.386. The molecule has 0 aliphatic heterocycles. The smallest absolute Gasteiger partial charge is 0.119 e. The van der Waals surface area contributed by atoms with Gasteiger partial charge in [-0.1, -0.05) is 44.2 Å². The SMILES string of the molecule is COc1cccc(Cn2cccc2CN(Cc2ccccc2C#N)C(C)C(C)C)c1. The van der Waals surface area contributed by atoms with E-state index in [0.29, 0.717) is 12.0 Å². The molecule has 0 spiro atoms. The second-order valence-electron chi connectivity index (χ2n) is 8.14. The van der Waals surface area contributed by atoms with Crippen molar-refractivity contribution in [3.05, 3.63) is 89.2 Å². The van der Waals surface area contributed by atoms with Gasteiger partial charge in [-0.3, -0.25) is 4.90 Å². The van der Waals surface area contributed by atoms with Gasteiger partial charge in [0.1, 0.15) is 5.75 Å². The maximum absolute atomic E-state index is 9.50. The maximum atomic E-state index is 9.50. The first-order valence-corrected chi connectivity index (χ1v) is 10.5. The van der Waals surface area contributed by atoms with E-state index >= 15 is 0 Å². The van der Waals surface area contributed by atoms with E-state index in [1.807, 2.05) is 30.3 Å². The van der Waals surface area contributed by atoms with Crippen molar-refractivity contribution in [3.63, 3.8) is 0 Å². The Morgan fingerprint density at radius 3 is 2.53 bits per heavy atom. The summed E-state index contributed by atoms with van der Waals surface area (Å²) in [5.41, 5.74) is 4.31. The molecule has 1 unspecified atom stereocenters.